The number of hydrogen-bond donors (Lipinski definition) is 1. The molecule has 1 aliphatic rings. The lowest BCUT2D eigenvalue weighted by molar-refractivity contribution is 0.200. The highest BCUT2D eigenvalue weighted by Crippen LogP contribution is 2.26. The largest absolute Gasteiger partial charge is 0.385 e. The summed E-state index contributed by atoms with van der Waals surface area (Å²) >= 11 is 2.08. The highest BCUT2D eigenvalue weighted by molar-refractivity contribution is 7.99. The van der Waals surface area contributed by atoms with E-state index < -0.39 is 0 Å². The van der Waals surface area contributed by atoms with E-state index >= 15 is 0 Å². The molecule has 94 valence electrons. The number of para-hydroxylation sites is 1. The van der Waals surface area contributed by atoms with Crippen LogP contribution < -0.4 is 5.32 Å². The topological polar surface area (TPSA) is 21.3 Å². The average molecular weight is 251 g/mol. The first kappa shape index (κ1) is 12.8. The van der Waals surface area contributed by atoms with Gasteiger partial charge in [-0.3, -0.25) is 0 Å². The zero-order valence-electron chi connectivity index (χ0n) is 10.4. The molecule has 0 fully saturated rings. The highest BCUT2D eigenvalue weighted by Gasteiger charge is 2.15. The average Bonchev–Trinajstić information content (AvgIpc) is 2.58. The SMILES string of the molecule is COCCCSC1CCc2ccccc2NC1. The van der Waals surface area contributed by atoms with Crippen LogP contribution in [0.25, 0.3) is 0 Å². The van der Waals surface area contributed by atoms with Crippen LogP contribution in [0.4, 0.5) is 5.69 Å². The lowest BCUT2D eigenvalue weighted by atomic mass is 10.1. The predicted octanol–water partition coefficient (Wildman–Crippen LogP) is 3.18. The van der Waals surface area contributed by atoms with Crippen LogP contribution in [0.15, 0.2) is 24.3 Å². The minimum atomic E-state index is 0.735. The minimum absolute atomic E-state index is 0.735. The highest BCUT2D eigenvalue weighted by atomic mass is 32.2. The van der Waals surface area contributed by atoms with Crippen LogP contribution in [0.5, 0.6) is 0 Å². The van der Waals surface area contributed by atoms with Crippen molar-refractivity contribution in [3.8, 4) is 0 Å². The molecule has 0 radical (unpaired) electrons. The van der Waals surface area contributed by atoms with Crippen molar-refractivity contribution in [2.24, 2.45) is 0 Å². The van der Waals surface area contributed by atoms with Gasteiger partial charge in [0.05, 0.1) is 0 Å². The van der Waals surface area contributed by atoms with Gasteiger partial charge in [0.2, 0.25) is 0 Å². The van der Waals surface area contributed by atoms with Crippen molar-refractivity contribution in [2.75, 3.05) is 31.3 Å². The summed E-state index contributed by atoms with van der Waals surface area (Å²) in [6.07, 6.45) is 3.64. The molecule has 17 heavy (non-hydrogen) atoms. The van der Waals surface area contributed by atoms with Gasteiger partial charge in [0.25, 0.3) is 0 Å². The number of benzene rings is 1. The summed E-state index contributed by atoms with van der Waals surface area (Å²) in [5, 5.41) is 4.30. The Bertz CT molecular complexity index is 316. The summed E-state index contributed by atoms with van der Waals surface area (Å²) < 4.78 is 5.08. The number of nitrogens with one attached hydrogen (secondary N) is 1. The zero-order chi connectivity index (χ0) is 11.9. The van der Waals surface area contributed by atoms with E-state index in [0.29, 0.717) is 0 Å². The first-order chi connectivity index (χ1) is 8.40. The summed E-state index contributed by atoms with van der Waals surface area (Å²) in [6.45, 7) is 1.97. The Morgan fingerprint density at radius 3 is 3.18 bits per heavy atom. The summed E-state index contributed by atoms with van der Waals surface area (Å²) in [4.78, 5) is 0. The van der Waals surface area contributed by atoms with Gasteiger partial charge < -0.3 is 10.1 Å². The second-order valence-corrected chi connectivity index (χ2v) is 5.82. The second-order valence-electron chi connectivity index (χ2n) is 4.42. The van der Waals surface area contributed by atoms with Crippen LogP contribution in [0.2, 0.25) is 0 Å². The zero-order valence-corrected chi connectivity index (χ0v) is 11.3. The molecule has 1 N–H and O–H groups in total. The quantitative estimate of drug-likeness (QED) is 0.812. The standard InChI is InChI=1S/C14H21NOS/c1-16-9-4-10-17-13-8-7-12-5-2-3-6-14(12)15-11-13/h2-3,5-6,13,15H,4,7-11H2,1H3. The Balaban J connectivity index is 1.78. The fourth-order valence-electron chi connectivity index (χ4n) is 2.15. The van der Waals surface area contributed by atoms with Crippen molar-refractivity contribution >= 4 is 17.4 Å². The van der Waals surface area contributed by atoms with Crippen molar-refractivity contribution in [1.82, 2.24) is 0 Å². The molecule has 1 unspecified atom stereocenters. The van der Waals surface area contributed by atoms with Crippen LogP contribution >= 0.6 is 11.8 Å². The Labute approximate surface area is 108 Å². The van der Waals surface area contributed by atoms with Gasteiger partial charge in [-0.15, -0.1) is 0 Å². The Morgan fingerprint density at radius 2 is 2.29 bits per heavy atom. The number of thioether (sulfide) groups is 1. The third-order valence-corrected chi connectivity index (χ3v) is 4.52. The fraction of sp³-hybridized carbons (Fsp3) is 0.571. The van der Waals surface area contributed by atoms with Crippen molar-refractivity contribution in [3.05, 3.63) is 29.8 Å². The van der Waals surface area contributed by atoms with Gasteiger partial charge in [-0.2, -0.15) is 11.8 Å². The van der Waals surface area contributed by atoms with Crippen LogP contribution in [-0.2, 0) is 11.2 Å². The lowest BCUT2D eigenvalue weighted by Crippen LogP contribution is -2.15. The maximum Gasteiger partial charge on any atom is 0.0470 e. The summed E-state index contributed by atoms with van der Waals surface area (Å²) in [7, 11) is 1.77. The van der Waals surface area contributed by atoms with E-state index in [4.69, 9.17) is 4.74 Å². The molecule has 2 rings (SSSR count). The van der Waals surface area contributed by atoms with E-state index in [1.54, 1.807) is 7.11 Å². The van der Waals surface area contributed by atoms with Gasteiger partial charge in [0, 0.05) is 31.2 Å². The number of methoxy groups -OCH3 is 1. The normalized spacial score (nSPS) is 19.2. The molecule has 3 heteroatoms. The number of anilines is 1. The molecule has 1 aromatic carbocycles. The molecule has 0 aliphatic carbocycles. The molecule has 2 nitrogen and oxygen atoms in total. The third kappa shape index (κ3) is 3.93. The Kier molecular flexibility index (Phi) is 5.20. The molecule has 0 saturated carbocycles. The van der Waals surface area contributed by atoms with Gasteiger partial charge in [-0.25, -0.2) is 0 Å². The van der Waals surface area contributed by atoms with Crippen molar-refractivity contribution in [3.63, 3.8) is 0 Å². The number of fused-ring (bicyclic) bond motifs is 1. The van der Waals surface area contributed by atoms with Crippen LogP contribution in [0, 0.1) is 0 Å². The molecule has 1 heterocycles. The molecular weight excluding hydrogens is 230 g/mol. The van der Waals surface area contributed by atoms with E-state index in [1.807, 2.05) is 0 Å². The Hall–Kier alpha value is -0.670. The molecule has 0 aromatic heterocycles. The van der Waals surface area contributed by atoms with Gasteiger partial charge in [0.1, 0.15) is 0 Å². The van der Waals surface area contributed by atoms with Gasteiger partial charge in [-0.1, -0.05) is 18.2 Å². The van der Waals surface area contributed by atoms with E-state index in [2.05, 4.69) is 41.3 Å². The van der Waals surface area contributed by atoms with E-state index in [9.17, 15) is 0 Å². The summed E-state index contributed by atoms with van der Waals surface area (Å²) in [6, 6.07) is 8.66. The molecular formula is C14H21NOS. The maximum absolute atomic E-state index is 5.08. The van der Waals surface area contributed by atoms with Crippen molar-refractivity contribution < 1.29 is 4.74 Å². The number of hydrogen-bond acceptors (Lipinski definition) is 3. The summed E-state index contributed by atoms with van der Waals surface area (Å²) in [5.74, 6) is 1.20. The smallest absolute Gasteiger partial charge is 0.0470 e. The van der Waals surface area contributed by atoms with Crippen LogP contribution in [-0.4, -0.2) is 31.3 Å². The number of rotatable bonds is 5. The third-order valence-electron chi connectivity index (χ3n) is 3.12. The van der Waals surface area contributed by atoms with Crippen molar-refractivity contribution in [2.45, 2.75) is 24.5 Å². The molecule has 0 spiro atoms. The monoisotopic (exact) mass is 251 g/mol. The second kappa shape index (κ2) is 6.92. The molecule has 0 bridgehead atoms. The maximum atomic E-state index is 5.08. The van der Waals surface area contributed by atoms with Gasteiger partial charge in [0.15, 0.2) is 0 Å². The van der Waals surface area contributed by atoms with Gasteiger partial charge >= 0.3 is 0 Å². The molecule has 0 saturated heterocycles. The molecule has 1 aliphatic heterocycles. The molecule has 1 aromatic rings. The van der Waals surface area contributed by atoms with E-state index in [-0.39, 0.29) is 0 Å². The minimum Gasteiger partial charge on any atom is -0.385 e. The van der Waals surface area contributed by atoms with Crippen LogP contribution in [0.1, 0.15) is 18.4 Å². The van der Waals surface area contributed by atoms with E-state index in [0.717, 1.165) is 24.8 Å². The number of aryl methyl sites for hydroxylation is 1. The lowest BCUT2D eigenvalue weighted by Gasteiger charge is -2.13. The van der Waals surface area contributed by atoms with Crippen LogP contribution in [0.3, 0.4) is 0 Å². The Morgan fingerprint density at radius 1 is 1.41 bits per heavy atom. The van der Waals surface area contributed by atoms with E-state index in [1.165, 1.54) is 29.8 Å². The predicted molar refractivity (Wildman–Crippen MR) is 76.0 cm³/mol. The summed E-state index contributed by atoms with van der Waals surface area (Å²) in [5.41, 5.74) is 2.79. The number of ether oxygens (including phenoxy) is 1. The van der Waals surface area contributed by atoms with Crippen molar-refractivity contribution in [1.29, 1.82) is 0 Å². The molecule has 0 amide bonds. The van der Waals surface area contributed by atoms with Gasteiger partial charge in [-0.05, 0) is 36.6 Å². The fourth-order valence-corrected chi connectivity index (χ4v) is 3.25. The first-order valence-electron chi connectivity index (χ1n) is 6.32. The molecule has 1 atom stereocenters. The first-order valence-corrected chi connectivity index (χ1v) is 7.37.